The summed E-state index contributed by atoms with van der Waals surface area (Å²) in [6, 6.07) is 6.88. The van der Waals surface area contributed by atoms with Crippen LogP contribution in [-0.2, 0) is 12.6 Å². The lowest BCUT2D eigenvalue weighted by atomic mass is 10.1. The molecule has 1 N–H and O–H groups in total. The molecule has 2 heterocycles. The molecule has 8 heteroatoms. The average molecular weight is 366 g/mol. The lowest BCUT2D eigenvalue weighted by Crippen LogP contribution is -2.47. The summed E-state index contributed by atoms with van der Waals surface area (Å²) in [6.45, 7) is 4.30. The highest BCUT2D eigenvalue weighted by molar-refractivity contribution is 5.51. The lowest BCUT2D eigenvalue weighted by molar-refractivity contribution is -0.137. The van der Waals surface area contributed by atoms with Crippen LogP contribution in [0.4, 0.5) is 24.8 Å². The minimum absolute atomic E-state index is 0.182. The number of alkyl halides is 3. The van der Waals surface area contributed by atoms with Crippen LogP contribution >= 0.6 is 0 Å². The van der Waals surface area contributed by atoms with E-state index in [9.17, 15) is 18.0 Å². The maximum atomic E-state index is 12.9. The molecule has 26 heavy (non-hydrogen) atoms. The summed E-state index contributed by atoms with van der Waals surface area (Å²) in [6.07, 6.45) is -2.71. The van der Waals surface area contributed by atoms with Crippen molar-refractivity contribution >= 4 is 11.6 Å². The van der Waals surface area contributed by atoms with Gasteiger partial charge >= 0.3 is 6.18 Å². The third-order valence-corrected chi connectivity index (χ3v) is 4.41. The van der Waals surface area contributed by atoms with Gasteiger partial charge in [0.05, 0.1) is 5.56 Å². The highest BCUT2D eigenvalue weighted by Gasteiger charge is 2.31. The van der Waals surface area contributed by atoms with Gasteiger partial charge in [0.1, 0.15) is 0 Å². The highest BCUT2D eigenvalue weighted by Crippen LogP contribution is 2.32. The Hall–Kier alpha value is -2.51. The first-order chi connectivity index (χ1) is 12.4. The minimum Gasteiger partial charge on any atom is -0.368 e. The predicted molar refractivity (Wildman–Crippen MR) is 94.7 cm³/mol. The third kappa shape index (κ3) is 4.17. The topological polar surface area (TPSA) is 52.2 Å². The lowest BCUT2D eigenvalue weighted by Gasteiger charge is -2.36. The number of benzene rings is 1. The molecule has 140 valence electrons. The number of H-pyrrole nitrogens is 1. The van der Waals surface area contributed by atoms with Crippen molar-refractivity contribution in [2.75, 3.05) is 36.0 Å². The van der Waals surface area contributed by atoms with Gasteiger partial charge in [0.15, 0.2) is 0 Å². The number of aromatic amines is 1. The number of hydrogen-bond acceptors (Lipinski definition) is 4. The number of halogens is 3. The van der Waals surface area contributed by atoms with E-state index >= 15 is 0 Å². The zero-order valence-electron chi connectivity index (χ0n) is 14.5. The van der Waals surface area contributed by atoms with E-state index in [0.29, 0.717) is 37.8 Å². The summed E-state index contributed by atoms with van der Waals surface area (Å²) in [5.41, 5.74) is 0.488. The van der Waals surface area contributed by atoms with E-state index in [4.69, 9.17) is 0 Å². The first-order valence-corrected chi connectivity index (χ1v) is 8.64. The first-order valence-electron chi connectivity index (χ1n) is 8.64. The van der Waals surface area contributed by atoms with Crippen LogP contribution in [0.15, 0.2) is 35.1 Å². The van der Waals surface area contributed by atoms with Crippen LogP contribution < -0.4 is 15.4 Å². The van der Waals surface area contributed by atoms with Gasteiger partial charge in [-0.2, -0.15) is 13.2 Å². The number of rotatable bonds is 4. The van der Waals surface area contributed by atoms with Crippen molar-refractivity contribution in [3.05, 3.63) is 51.9 Å². The number of nitrogens with zero attached hydrogens (tertiary/aromatic N) is 3. The number of hydrogen-bond donors (Lipinski definition) is 1. The van der Waals surface area contributed by atoms with Gasteiger partial charge in [-0.05, 0) is 24.6 Å². The van der Waals surface area contributed by atoms with Gasteiger partial charge in [0, 0.05) is 43.6 Å². The van der Waals surface area contributed by atoms with Gasteiger partial charge in [-0.1, -0.05) is 19.4 Å². The van der Waals surface area contributed by atoms with E-state index in [1.54, 1.807) is 6.07 Å². The van der Waals surface area contributed by atoms with E-state index in [1.807, 2.05) is 16.7 Å². The Balaban J connectivity index is 1.71. The van der Waals surface area contributed by atoms with E-state index < -0.39 is 11.7 Å². The molecule has 1 aromatic carbocycles. The van der Waals surface area contributed by atoms with Gasteiger partial charge in [0.25, 0.3) is 5.56 Å². The number of aryl methyl sites for hydroxylation is 1. The van der Waals surface area contributed by atoms with Crippen molar-refractivity contribution in [2.24, 2.45) is 0 Å². The summed E-state index contributed by atoms with van der Waals surface area (Å²) < 4.78 is 38.7. The molecule has 3 rings (SSSR count). The average Bonchev–Trinajstić information content (AvgIpc) is 2.61. The van der Waals surface area contributed by atoms with Crippen LogP contribution in [0.3, 0.4) is 0 Å². The number of aromatic nitrogens is 2. The van der Waals surface area contributed by atoms with E-state index in [2.05, 4.69) is 9.97 Å². The Labute approximate surface area is 149 Å². The quantitative estimate of drug-likeness (QED) is 0.904. The Morgan fingerprint density at radius 3 is 2.46 bits per heavy atom. The van der Waals surface area contributed by atoms with Crippen LogP contribution in [0, 0.1) is 0 Å². The fraction of sp³-hybridized carbons (Fsp3) is 0.444. The molecule has 1 fully saturated rings. The maximum absolute atomic E-state index is 12.9. The van der Waals surface area contributed by atoms with Crippen molar-refractivity contribution in [3.63, 3.8) is 0 Å². The van der Waals surface area contributed by atoms with Crippen molar-refractivity contribution < 1.29 is 13.2 Å². The van der Waals surface area contributed by atoms with Crippen molar-refractivity contribution in [1.82, 2.24) is 9.97 Å². The normalized spacial score (nSPS) is 15.4. The molecule has 0 saturated carbocycles. The second-order valence-corrected chi connectivity index (χ2v) is 6.33. The van der Waals surface area contributed by atoms with Crippen LogP contribution in [0.5, 0.6) is 0 Å². The largest absolute Gasteiger partial charge is 0.416 e. The summed E-state index contributed by atoms with van der Waals surface area (Å²) in [7, 11) is 0. The van der Waals surface area contributed by atoms with Crippen LogP contribution in [-0.4, -0.2) is 36.1 Å². The van der Waals surface area contributed by atoms with Crippen LogP contribution in [0.2, 0.25) is 0 Å². The molecule has 0 atom stereocenters. The fourth-order valence-corrected chi connectivity index (χ4v) is 3.08. The molecule has 0 aliphatic carbocycles. The van der Waals surface area contributed by atoms with E-state index in [0.717, 1.165) is 24.6 Å². The monoisotopic (exact) mass is 366 g/mol. The molecule has 0 spiro atoms. The Bertz CT molecular complexity index is 811. The van der Waals surface area contributed by atoms with E-state index in [-0.39, 0.29) is 5.56 Å². The molecule has 0 amide bonds. The molecular formula is C18H21F3N4O. The first kappa shape index (κ1) is 18.3. The van der Waals surface area contributed by atoms with Gasteiger partial charge in [-0.25, -0.2) is 4.98 Å². The summed E-state index contributed by atoms with van der Waals surface area (Å²) in [4.78, 5) is 22.9. The molecule has 2 aromatic rings. The molecule has 0 radical (unpaired) electrons. The SMILES string of the molecule is CCCc1cc(=O)[nH]c(N2CCN(c3cccc(C(F)(F)F)c3)CC2)n1. The second kappa shape index (κ2) is 7.39. The number of piperazine rings is 1. The summed E-state index contributed by atoms with van der Waals surface area (Å²) >= 11 is 0. The van der Waals surface area contributed by atoms with Gasteiger partial charge in [-0.3, -0.25) is 9.78 Å². The van der Waals surface area contributed by atoms with Gasteiger partial charge < -0.3 is 9.80 Å². The minimum atomic E-state index is -4.35. The van der Waals surface area contributed by atoms with Crippen molar-refractivity contribution in [3.8, 4) is 0 Å². The standard InChI is InChI=1S/C18H21F3N4O/c1-2-4-14-12-16(26)23-17(22-14)25-9-7-24(8-10-25)15-6-3-5-13(11-15)18(19,20)21/h3,5-6,11-12H,2,4,7-10H2,1H3,(H,22,23,26). The number of anilines is 2. The summed E-state index contributed by atoms with van der Waals surface area (Å²) in [5, 5.41) is 0. The Kier molecular flexibility index (Phi) is 5.20. The Morgan fingerprint density at radius 1 is 1.12 bits per heavy atom. The van der Waals surface area contributed by atoms with Crippen molar-refractivity contribution in [2.45, 2.75) is 25.9 Å². The molecule has 5 nitrogen and oxygen atoms in total. The molecule has 1 aliphatic heterocycles. The molecular weight excluding hydrogens is 345 g/mol. The highest BCUT2D eigenvalue weighted by atomic mass is 19.4. The predicted octanol–water partition coefficient (Wildman–Crippen LogP) is 3.07. The summed E-state index contributed by atoms with van der Waals surface area (Å²) in [5.74, 6) is 0.532. The molecule has 1 aliphatic rings. The third-order valence-electron chi connectivity index (χ3n) is 4.41. The zero-order valence-corrected chi connectivity index (χ0v) is 14.5. The zero-order chi connectivity index (χ0) is 18.7. The Morgan fingerprint density at radius 2 is 1.81 bits per heavy atom. The van der Waals surface area contributed by atoms with Gasteiger partial charge in [-0.15, -0.1) is 0 Å². The fourth-order valence-electron chi connectivity index (χ4n) is 3.08. The molecule has 0 unspecified atom stereocenters. The van der Waals surface area contributed by atoms with Gasteiger partial charge in [0.2, 0.25) is 5.95 Å². The van der Waals surface area contributed by atoms with E-state index in [1.165, 1.54) is 18.2 Å². The molecule has 1 aromatic heterocycles. The smallest absolute Gasteiger partial charge is 0.368 e. The van der Waals surface area contributed by atoms with Crippen LogP contribution in [0.1, 0.15) is 24.6 Å². The maximum Gasteiger partial charge on any atom is 0.416 e. The van der Waals surface area contributed by atoms with Crippen molar-refractivity contribution in [1.29, 1.82) is 0 Å². The second-order valence-electron chi connectivity index (χ2n) is 6.33. The van der Waals surface area contributed by atoms with Crippen LogP contribution in [0.25, 0.3) is 0 Å². The molecule has 1 saturated heterocycles. The number of nitrogens with one attached hydrogen (secondary N) is 1. The molecule has 0 bridgehead atoms.